The normalized spacial score (nSPS) is 27.4. The van der Waals surface area contributed by atoms with Crippen molar-refractivity contribution in [2.24, 2.45) is 17.8 Å². The van der Waals surface area contributed by atoms with Crippen LogP contribution in [0.15, 0.2) is 83.0 Å². The molecule has 0 saturated carbocycles. The van der Waals surface area contributed by atoms with Gasteiger partial charge in [0.15, 0.2) is 11.6 Å². The summed E-state index contributed by atoms with van der Waals surface area (Å²) in [6.07, 6.45) is 4.06. The fraction of sp³-hybridized carbons (Fsp3) is 0.267. The molecule has 6 nitrogen and oxygen atoms in total. The van der Waals surface area contributed by atoms with Gasteiger partial charge in [0.25, 0.3) is 0 Å². The number of aryl methyl sites for hydroxylation is 1. The minimum Gasteiger partial charge on any atom is -0.508 e. The Balaban J connectivity index is 1.50. The topological polar surface area (TPSA) is 91.8 Å². The van der Waals surface area contributed by atoms with E-state index in [1.54, 1.807) is 50.2 Å². The lowest BCUT2D eigenvalue weighted by Gasteiger charge is -2.42. The first kappa shape index (κ1) is 22.4. The molecule has 0 aromatic heterocycles. The summed E-state index contributed by atoms with van der Waals surface area (Å²) in [4.78, 5) is 55.1. The third kappa shape index (κ3) is 3.10. The van der Waals surface area contributed by atoms with Gasteiger partial charge in [-0.1, -0.05) is 42.0 Å². The molecule has 1 saturated heterocycles. The maximum absolute atomic E-state index is 13.8. The minimum absolute atomic E-state index is 0.148. The highest BCUT2D eigenvalue weighted by molar-refractivity contribution is 6.25. The number of Topliss-reactive ketones (excluding diaryl/α,β-unsaturated/α-hetero) is 1. The van der Waals surface area contributed by atoms with Crippen LogP contribution in [0.5, 0.6) is 5.75 Å². The Kier molecular flexibility index (Phi) is 4.97. The Morgan fingerprint density at radius 3 is 2.39 bits per heavy atom. The van der Waals surface area contributed by atoms with Crippen LogP contribution in [-0.2, 0) is 19.2 Å². The van der Waals surface area contributed by atoms with Crippen LogP contribution in [0.25, 0.3) is 0 Å². The van der Waals surface area contributed by atoms with Crippen molar-refractivity contribution < 1.29 is 24.3 Å². The van der Waals surface area contributed by atoms with Crippen molar-refractivity contribution >= 4 is 29.1 Å². The van der Waals surface area contributed by atoms with Gasteiger partial charge in [-0.3, -0.25) is 24.1 Å². The third-order valence-corrected chi connectivity index (χ3v) is 8.13. The van der Waals surface area contributed by atoms with E-state index in [2.05, 4.69) is 0 Å². The molecular weight excluding hydrogens is 454 g/mol. The second kappa shape index (κ2) is 7.98. The highest BCUT2D eigenvalue weighted by atomic mass is 16.3. The summed E-state index contributed by atoms with van der Waals surface area (Å²) in [6.45, 7) is 3.43. The highest BCUT2D eigenvalue weighted by Gasteiger charge is 2.56. The lowest BCUT2D eigenvalue weighted by molar-refractivity contribution is -0.123. The first-order valence-electron chi connectivity index (χ1n) is 12.2. The molecule has 0 bridgehead atoms. The van der Waals surface area contributed by atoms with E-state index in [1.807, 2.05) is 18.2 Å². The van der Waals surface area contributed by atoms with Gasteiger partial charge in [0.2, 0.25) is 11.8 Å². The maximum Gasteiger partial charge on any atom is 0.238 e. The molecule has 4 aliphatic rings. The van der Waals surface area contributed by atoms with Gasteiger partial charge in [-0.05, 0) is 68.0 Å². The molecule has 2 aromatic rings. The van der Waals surface area contributed by atoms with Crippen LogP contribution in [-0.4, -0.2) is 28.5 Å². The number of fused-ring (bicyclic) bond motifs is 3. The average molecular weight is 480 g/mol. The minimum atomic E-state index is -0.596. The zero-order chi connectivity index (χ0) is 25.3. The lowest BCUT2D eigenvalue weighted by atomic mass is 9.59. The molecule has 6 rings (SSSR count). The number of hydrogen-bond donors (Lipinski definition) is 1. The summed E-state index contributed by atoms with van der Waals surface area (Å²) in [5.41, 5.74) is 4.19. The number of phenols is 1. The van der Waals surface area contributed by atoms with Crippen LogP contribution in [0.1, 0.15) is 36.8 Å². The number of imide groups is 1. The molecule has 36 heavy (non-hydrogen) atoms. The maximum atomic E-state index is 13.8. The lowest BCUT2D eigenvalue weighted by Crippen LogP contribution is -2.39. The molecule has 4 atom stereocenters. The summed E-state index contributed by atoms with van der Waals surface area (Å²) < 4.78 is 0. The first-order valence-corrected chi connectivity index (χ1v) is 12.2. The van der Waals surface area contributed by atoms with Gasteiger partial charge in [-0.2, -0.15) is 0 Å². The van der Waals surface area contributed by atoms with Gasteiger partial charge in [0.05, 0.1) is 17.5 Å². The molecule has 1 fully saturated rings. The predicted molar refractivity (Wildman–Crippen MR) is 133 cm³/mol. The van der Waals surface area contributed by atoms with Crippen LogP contribution in [0, 0.1) is 24.7 Å². The van der Waals surface area contributed by atoms with Crippen LogP contribution < -0.4 is 4.90 Å². The average Bonchev–Trinajstić information content (AvgIpc) is 3.13. The molecule has 6 heteroatoms. The van der Waals surface area contributed by atoms with Crippen LogP contribution in [0.3, 0.4) is 0 Å². The molecule has 180 valence electrons. The molecule has 1 heterocycles. The highest BCUT2D eigenvalue weighted by Crippen LogP contribution is 2.55. The number of ketones is 2. The SMILES string of the molecule is CC1=CC(=O)C2=C(C[C@@H]3C(=CC[C@@H]4C(=O)N(c5ccccc5)C(=O)[C@@H]43)[C@@H]2c2ccc(O)c(C)c2)C1=O. The van der Waals surface area contributed by atoms with Crippen molar-refractivity contribution in [1.29, 1.82) is 0 Å². The first-order chi connectivity index (χ1) is 17.3. The van der Waals surface area contributed by atoms with Crippen molar-refractivity contribution in [3.05, 3.63) is 94.1 Å². The van der Waals surface area contributed by atoms with Gasteiger partial charge >= 0.3 is 0 Å². The Hall–Kier alpha value is -4.06. The number of para-hydroxylation sites is 1. The number of benzene rings is 2. The molecule has 1 aliphatic heterocycles. The van der Waals surface area contributed by atoms with Gasteiger partial charge in [-0.15, -0.1) is 0 Å². The van der Waals surface area contributed by atoms with E-state index in [-0.39, 0.29) is 41.5 Å². The molecule has 2 aromatic carbocycles. The zero-order valence-corrected chi connectivity index (χ0v) is 20.0. The summed E-state index contributed by atoms with van der Waals surface area (Å²) in [5, 5.41) is 10.1. The fourth-order valence-electron chi connectivity index (χ4n) is 6.45. The van der Waals surface area contributed by atoms with E-state index in [1.165, 1.54) is 11.0 Å². The molecule has 0 unspecified atom stereocenters. The van der Waals surface area contributed by atoms with Crippen LogP contribution in [0.4, 0.5) is 5.69 Å². The second-order valence-corrected chi connectivity index (χ2v) is 10.1. The zero-order valence-electron chi connectivity index (χ0n) is 20.0. The van der Waals surface area contributed by atoms with Crippen molar-refractivity contribution in [3.8, 4) is 5.75 Å². The molecule has 1 N–H and O–H groups in total. The molecule has 3 aliphatic carbocycles. The monoisotopic (exact) mass is 479 g/mol. The number of carbonyl (C=O) groups excluding carboxylic acids is 4. The second-order valence-electron chi connectivity index (χ2n) is 10.1. The van der Waals surface area contributed by atoms with Crippen molar-refractivity contribution in [1.82, 2.24) is 0 Å². The molecular formula is C30H25NO5. The summed E-state index contributed by atoms with van der Waals surface area (Å²) in [7, 11) is 0. The van der Waals surface area contributed by atoms with E-state index >= 15 is 0 Å². The Morgan fingerprint density at radius 2 is 1.67 bits per heavy atom. The van der Waals surface area contributed by atoms with E-state index in [4.69, 9.17) is 0 Å². The summed E-state index contributed by atoms with van der Waals surface area (Å²) >= 11 is 0. The van der Waals surface area contributed by atoms with Gasteiger partial charge in [0, 0.05) is 22.6 Å². The number of aromatic hydroxyl groups is 1. The predicted octanol–water partition coefficient (Wildman–Crippen LogP) is 4.33. The van der Waals surface area contributed by atoms with E-state index in [9.17, 15) is 24.3 Å². The number of hydrogen-bond acceptors (Lipinski definition) is 5. The quantitative estimate of drug-likeness (QED) is 0.393. The van der Waals surface area contributed by atoms with Crippen LogP contribution >= 0.6 is 0 Å². The number of carbonyl (C=O) groups is 4. The number of allylic oxidation sites excluding steroid dienone is 6. The number of rotatable bonds is 2. The van der Waals surface area contributed by atoms with E-state index in [0.717, 1.165) is 11.1 Å². The number of phenolic OH excluding ortho intramolecular Hbond substituents is 1. The smallest absolute Gasteiger partial charge is 0.238 e. The van der Waals surface area contributed by atoms with Crippen molar-refractivity contribution in [2.75, 3.05) is 4.90 Å². The van der Waals surface area contributed by atoms with Crippen molar-refractivity contribution in [3.63, 3.8) is 0 Å². The van der Waals surface area contributed by atoms with Gasteiger partial charge in [0.1, 0.15) is 5.75 Å². The van der Waals surface area contributed by atoms with Gasteiger partial charge in [-0.25, -0.2) is 0 Å². The molecule has 0 radical (unpaired) electrons. The summed E-state index contributed by atoms with van der Waals surface area (Å²) in [5.74, 6) is -2.66. The Bertz CT molecular complexity index is 1460. The Morgan fingerprint density at radius 1 is 0.917 bits per heavy atom. The van der Waals surface area contributed by atoms with E-state index in [0.29, 0.717) is 34.4 Å². The van der Waals surface area contributed by atoms with Gasteiger partial charge < -0.3 is 5.11 Å². The number of nitrogens with zero attached hydrogens (tertiary/aromatic N) is 1. The molecule has 2 amide bonds. The summed E-state index contributed by atoms with van der Waals surface area (Å²) in [6, 6.07) is 14.1. The number of anilines is 1. The van der Waals surface area contributed by atoms with Crippen molar-refractivity contribution in [2.45, 2.75) is 32.6 Å². The van der Waals surface area contributed by atoms with E-state index < -0.39 is 17.8 Å². The standard InChI is InChI=1S/C30H25NO5/c1-15-12-17(8-11-23(15)32)25-19-9-10-20-26(30(36)31(29(20)35)18-6-4-3-5-7-18)21(19)14-22-27(25)24(33)13-16(2)28(22)34/h3-9,11-13,20-21,25-26,32H,10,14H2,1-2H3/t20-,21+,25-,26-/m0/s1. The van der Waals surface area contributed by atoms with Crippen LogP contribution in [0.2, 0.25) is 0 Å². The number of amides is 2. The largest absolute Gasteiger partial charge is 0.508 e. The Labute approximate surface area is 208 Å². The fourth-order valence-corrected chi connectivity index (χ4v) is 6.45. The third-order valence-electron chi connectivity index (χ3n) is 8.13. The molecule has 0 spiro atoms.